The normalized spacial score (nSPS) is 12.0. The van der Waals surface area contributed by atoms with Crippen molar-refractivity contribution in [3.8, 4) is 11.8 Å². The van der Waals surface area contributed by atoms with Crippen molar-refractivity contribution >= 4 is 6.09 Å². The summed E-state index contributed by atoms with van der Waals surface area (Å²) in [6.07, 6.45) is -5.60. The molecule has 0 aromatic carbocycles. The zero-order valence-electron chi connectivity index (χ0n) is 13.3. The van der Waals surface area contributed by atoms with Gasteiger partial charge in [0.05, 0.1) is 13.7 Å². The fraction of sp³-hybridized carbons (Fsp3) is 0.571. The molecule has 1 rings (SSSR count). The van der Waals surface area contributed by atoms with Crippen molar-refractivity contribution in [1.82, 2.24) is 9.88 Å². The zero-order chi connectivity index (χ0) is 17.8. The van der Waals surface area contributed by atoms with Crippen LogP contribution < -0.4 is 9.47 Å². The molecule has 0 aliphatic rings. The van der Waals surface area contributed by atoms with E-state index in [1.54, 1.807) is 20.8 Å². The Morgan fingerprint density at radius 1 is 1.30 bits per heavy atom. The molecule has 0 unspecified atom stereocenters. The number of nitrogens with zero attached hydrogens (tertiary/aromatic N) is 2. The highest BCUT2D eigenvalue weighted by molar-refractivity contribution is 5.66. The minimum atomic E-state index is -4.47. The van der Waals surface area contributed by atoms with E-state index in [1.165, 1.54) is 24.1 Å². The van der Waals surface area contributed by atoms with Gasteiger partial charge in [0.2, 0.25) is 11.8 Å². The quantitative estimate of drug-likeness (QED) is 0.893. The van der Waals surface area contributed by atoms with Crippen LogP contribution in [0.5, 0.6) is 11.8 Å². The molecule has 0 aliphatic heterocycles. The lowest BCUT2D eigenvalue weighted by atomic mass is 10.1. The Balaban J connectivity index is 2.98. The number of amides is 1. The molecule has 1 N–H and O–H groups in total. The van der Waals surface area contributed by atoms with Gasteiger partial charge in [-0.1, -0.05) is 0 Å². The second-order valence-electron chi connectivity index (χ2n) is 5.76. The van der Waals surface area contributed by atoms with Gasteiger partial charge in [-0.15, -0.1) is 0 Å². The van der Waals surface area contributed by atoms with Crippen LogP contribution in [-0.2, 0) is 6.54 Å². The molecular weight excluding hydrogens is 317 g/mol. The van der Waals surface area contributed by atoms with Gasteiger partial charge in [0, 0.05) is 17.2 Å². The minimum absolute atomic E-state index is 0.0141. The molecule has 9 heteroatoms. The Hall–Kier alpha value is -2.19. The smallest absolute Gasteiger partial charge is 0.422 e. The van der Waals surface area contributed by atoms with Crippen LogP contribution in [0.15, 0.2) is 12.1 Å². The first-order valence-electron chi connectivity index (χ1n) is 6.68. The van der Waals surface area contributed by atoms with E-state index >= 15 is 0 Å². The maximum absolute atomic E-state index is 12.1. The molecule has 1 amide bonds. The molecule has 1 aromatic heterocycles. The molecular formula is C14H19F3N2O4. The molecule has 0 saturated carbocycles. The van der Waals surface area contributed by atoms with Gasteiger partial charge >= 0.3 is 12.3 Å². The molecule has 6 nitrogen and oxygen atoms in total. The number of ether oxygens (including phenoxy) is 2. The largest absolute Gasteiger partial charge is 0.481 e. The summed E-state index contributed by atoms with van der Waals surface area (Å²) < 4.78 is 46.0. The monoisotopic (exact) mass is 336 g/mol. The summed E-state index contributed by atoms with van der Waals surface area (Å²) in [7, 11) is 1.29. The van der Waals surface area contributed by atoms with Gasteiger partial charge in [-0.05, 0) is 26.8 Å². The average Bonchev–Trinajstić information content (AvgIpc) is 2.40. The lowest BCUT2D eigenvalue weighted by Crippen LogP contribution is -2.44. The summed E-state index contributed by atoms with van der Waals surface area (Å²) in [5.41, 5.74) is -0.244. The van der Waals surface area contributed by atoms with E-state index in [2.05, 4.69) is 9.72 Å². The molecule has 1 heterocycles. The van der Waals surface area contributed by atoms with Crippen LogP contribution in [0.3, 0.4) is 0 Å². The van der Waals surface area contributed by atoms with Crippen LogP contribution in [0.2, 0.25) is 0 Å². The van der Waals surface area contributed by atoms with Crippen LogP contribution in [0.4, 0.5) is 18.0 Å². The van der Waals surface area contributed by atoms with Gasteiger partial charge in [-0.2, -0.15) is 18.2 Å². The molecule has 1 aromatic rings. The average molecular weight is 336 g/mol. The van der Waals surface area contributed by atoms with Crippen LogP contribution in [0, 0.1) is 0 Å². The van der Waals surface area contributed by atoms with E-state index in [4.69, 9.17) is 4.74 Å². The van der Waals surface area contributed by atoms with Gasteiger partial charge in [-0.3, -0.25) is 4.90 Å². The van der Waals surface area contributed by atoms with Crippen LogP contribution >= 0.6 is 0 Å². The standard InChI is InChI=1S/C14H19F3N2O4/c1-13(2,3)19(12(20)21)7-9-5-6-10(18-11(9)22-4)23-8-14(15,16)17/h5-6H,7-8H2,1-4H3,(H,20,21). The number of hydrogen-bond donors (Lipinski definition) is 1. The Morgan fingerprint density at radius 2 is 1.91 bits per heavy atom. The molecule has 23 heavy (non-hydrogen) atoms. The molecule has 0 spiro atoms. The molecule has 0 fully saturated rings. The second kappa shape index (κ2) is 6.93. The zero-order valence-corrected chi connectivity index (χ0v) is 13.3. The summed E-state index contributed by atoms with van der Waals surface area (Å²) in [6, 6.07) is 2.67. The number of hydrogen-bond acceptors (Lipinski definition) is 4. The number of rotatable bonds is 5. The van der Waals surface area contributed by atoms with E-state index in [1.807, 2.05) is 0 Å². The molecule has 130 valence electrons. The molecule has 0 aliphatic carbocycles. The first-order chi connectivity index (χ1) is 10.4. The fourth-order valence-electron chi connectivity index (χ4n) is 1.75. The van der Waals surface area contributed by atoms with Crippen molar-refractivity contribution < 1.29 is 32.5 Å². The number of carbonyl (C=O) groups is 1. The van der Waals surface area contributed by atoms with Crippen molar-refractivity contribution in [2.45, 2.75) is 39.0 Å². The summed E-state index contributed by atoms with van der Waals surface area (Å²) in [5.74, 6) is -0.235. The lowest BCUT2D eigenvalue weighted by Gasteiger charge is -2.33. The molecule has 0 radical (unpaired) electrons. The Kier molecular flexibility index (Phi) is 5.68. The van der Waals surface area contributed by atoms with E-state index in [0.29, 0.717) is 5.56 Å². The molecule has 0 bridgehead atoms. The van der Waals surface area contributed by atoms with E-state index in [0.717, 1.165) is 0 Å². The van der Waals surface area contributed by atoms with Gasteiger partial charge in [0.1, 0.15) is 0 Å². The topological polar surface area (TPSA) is 71.9 Å². The minimum Gasteiger partial charge on any atom is -0.481 e. The first-order valence-corrected chi connectivity index (χ1v) is 6.68. The number of aromatic nitrogens is 1. The third-order valence-electron chi connectivity index (χ3n) is 2.86. The summed E-state index contributed by atoms with van der Waals surface area (Å²) in [4.78, 5) is 16.3. The van der Waals surface area contributed by atoms with Crippen molar-refractivity contribution in [2.75, 3.05) is 13.7 Å². The lowest BCUT2D eigenvalue weighted by molar-refractivity contribution is -0.154. The summed E-state index contributed by atoms with van der Waals surface area (Å²) >= 11 is 0. The highest BCUT2D eigenvalue weighted by Gasteiger charge is 2.29. The number of methoxy groups -OCH3 is 1. The third-order valence-corrected chi connectivity index (χ3v) is 2.86. The van der Waals surface area contributed by atoms with E-state index in [-0.39, 0.29) is 18.3 Å². The first kappa shape index (κ1) is 18.9. The second-order valence-corrected chi connectivity index (χ2v) is 5.76. The van der Waals surface area contributed by atoms with Crippen molar-refractivity contribution in [1.29, 1.82) is 0 Å². The van der Waals surface area contributed by atoms with E-state index < -0.39 is 24.4 Å². The summed E-state index contributed by atoms with van der Waals surface area (Å²) in [6.45, 7) is 3.69. The molecule has 0 saturated heterocycles. The maximum Gasteiger partial charge on any atom is 0.422 e. The predicted octanol–water partition coefficient (Wildman–Crippen LogP) is 3.31. The van der Waals surface area contributed by atoms with Gasteiger partial charge in [0.25, 0.3) is 0 Å². The maximum atomic E-state index is 12.1. The van der Waals surface area contributed by atoms with Crippen molar-refractivity contribution in [3.63, 3.8) is 0 Å². The number of carboxylic acid groups (broad SMARTS) is 1. The van der Waals surface area contributed by atoms with Crippen molar-refractivity contribution in [2.24, 2.45) is 0 Å². The third kappa shape index (κ3) is 5.84. The van der Waals surface area contributed by atoms with Crippen LogP contribution in [0.1, 0.15) is 26.3 Å². The SMILES string of the molecule is COc1nc(OCC(F)(F)F)ccc1CN(C(=O)O)C(C)(C)C. The fourth-order valence-corrected chi connectivity index (χ4v) is 1.75. The van der Waals surface area contributed by atoms with E-state index in [9.17, 15) is 23.1 Å². The Morgan fingerprint density at radius 3 is 2.35 bits per heavy atom. The van der Waals surface area contributed by atoms with Crippen LogP contribution in [0.25, 0.3) is 0 Å². The van der Waals surface area contributed by atoms with Gasteiger partial charge in [-0.25, -0.2) is 4.79 Å². The number of alkyl halides is 3. The number of halogens is 3. The summed E-state index contributed by atoms with van der Waals surface area (Å²) in [5, 5.41) is 9.28. The van der Waals surface area contributed by atoms with Crippen molar-refractivity contribution in [3.05, 3.63) is 17.7 Å². The highest BCUT2D eigenvalue weighted by atomic mass is 19.4. The van der Waals surface area contributed by atoms with Crippen LogP contribution in [-0.4, -0.2) is 46.5 Å². The van der Waals surface area contributed by atoms with Gasteiger partial charge < -0.3 is 14.6 Å². The molecule has 0 atom stereocenters. The Labute approximate surface area is 131 Å². The predicted molar refractivity (Wildman–Crippen MR) is 75.7 cm³/mol. The van der Waals surface area contributed by atoms with Gasteiger partial charge in [0.15, 0.2) is 6.61 Å². The Bertz CT molecular complexity index is 556. The highest BCUT2D eigenvalue weighted by Crippen LogP contribution is 2.26. The number of pyridine rings is 1.